The summed E-state index contributed by atoms with van der Waals surface area (Å²) in [5.74, 6) is 0. The molecular weight excluding hydrogens is 617 g/mol. The van der Waals surface area contributed by atoms with Crippen LogP contribution in [-0.2, 0) is 16.2 Å². The molecule has 0 spiro atoms. The third-order valence-corrected chi connectivity index (χ3v) is 12.7. The van der Waals surface area contributed by atoms with Gasteiger partial charge in [-0.1, -0.05) is 133 Å². The second-order valence-electron chi connectivity index (χ2n) is 16.5. The Morgan fingerprint density at radius 1 is 0.549 bits per heavy atom. The van der Waals surface area contributed by atoms with Crippen LogP contribution in [0.2, 0.25) is 0 Å². The molecule has 0 atom stereocenters. The highest BCUT2D eigenvalue weighted by atomic mass is 15.2. The number of para-hydroxylation sites is 2. The van der Waals surface area contributed by atoms with Crippen LogP contribution >= 0.6 is 0 Å². The molecule has 0 amide bonds. The van der Waals surface area contributed by atoms with Crippen molar-refractivity contribution in [3.63, 3.8) is 0 Å². The Balaban J connectivity index is 1.21. The van der Waals surface area contributed by atoms with Gasteiger partial charge in [-0.3, -0.25) is 0 Å². The van der Waals surface area contributed by atoms with Crippen LogP contribution in [0.4, 0.5) is 34.1 Å². The Labute approximate surface area is 302 Å². The lowest BCUT2D eigenvalue weighted by atomic mass is 9.66. The Bertz CT molecular complexity index is 2520. The van der Waals surface area contributed by atoms with Gasteiger partial charge in [0, 0.05) is 33.0 Å². The van der Waals surface area contributed by atoms with Crippen molar-refractivity contribution in [3.8, 4) is 0 Å². The zero-order valence-corrected chi connectivity index (χ0v) is 30.5. The Morgan fingerprint density at radius 2 is 1.18 bits per heavy atom. The molecule has 0 aromatic heterocycles. The number of anilines is 6. The largest absolute Gasteiger partial charge is 0.310 e. The van der Waals surface area contributed by atoms with Crippen LogP contribution in [0.25, 0.3) is 16.3 Å². The summed E-state index contributed by atoms with van der Waals surface area (Å²) >= 11 is 0. The summed E-state index contributed by atoms with van der Waals surface area (Å²) in [6.45, 7) is 14.4. The lowest BCUT2D eigenvalue weighted by molar-refractivity contribution is 0.597. The van der Waals surface area contributed by atoms with Crippen molar-refractivity contribution in [1.29, 1.82) is 0 Å². The molecule has 6 aromatic rings. The van der Waals surface area contributed by atoms with Gasteiger partial charge in [0.15, 0.2) is 0 Å². The van der Waals surface area contributed by atoms with Gasteiger partial charge < -0.3 is 9.80 Å². The third-order valence-electron chi connectivity index (χ3n) is 12.7. The molecule has 0 saturated carbocycles. The van der Waals surface area contributed by atoms with Crippen LogP contribution in [-0.4, -0.2) is 0 Å². The van der Waals surface area contributed by atoms with E-state index in [1.54, 1.807) is 0 Å². The van der Waals surface area contributed by atoms with Gasteiger partial charge in [0.2, 0.25) is 0 Å². The first kappa shape index (κ1) is 30.5. The summed E-state index contributed by atoms with van der Waals surface area (Å²) in [4.78, 5) is 5.07. The fourth-order valence-corrected chi connectivity index (χ4v) is 9.97. The maximum absolute atomic E-state index is 2.56. The van der Waals surface area contributed by atoms with Crippen molar-refractivity contribution in [2.75, 3.05) is 9.80 Å². The van der Waals surface area contributed by atoms with Crippen molar-refractivity contribution < 1.29 is 0 Å². The number of fused-ring (bicyclic) bond motifs is 7. The molecule has 2 heteroatoms. The second kappa shape index (κ2) is 10.4. The summed E-state index contributed by atoms with van der Waals surface area (Å²) in [5.41, 5.74) is 18.5. The molecule has 2 nitrogen and oxygen atoms in total. The fraction of sp³-hybridized carbons (Fsp3) is 0.224. The minimum Gasteiger partial charge on any atom is -0.310 e. The van der Waals surface area contributed by atoms with Gasteiger partial charge in [0.05, 0.1) is 22.7 Å². The minimum atomic E-state index is -0.213. The lowest BCUT2D eigenvalue weighted by Crippen LogP contribution is -2.38. The van der Waals surface area contributed by atoms with Gasteiger partial charge in [0.1, 0.15) is 0 Å². The van der Waals surface area contributed by atoms with Crippen LogP contribution in [0.5, 0.6) is 0 Å². The summed E-state index contributed by atoms with van der Waals surface area (Å²) in [5, 5.41) is 2.50. The molecule has 0 fully saturated rings. The predicted octanol–water partition coefficient (Wildman–Crippen LogP) is 13.5. The van der Waals surface area contributed by atoms with Crippen LogP contribution in [0.15, 0.2) is 139 Å². The van der Waals surface area contributed by atoms with Crippen LogP contribution in [0.1, 0.15) is 87.8 Å². The molecule has 0 saturated heterocycles. The van der Waals surface area contributed by atoms with Gasteiger partial charge in [-0.25, -0.2) is 0 Å². The maximum atomic E-state index is 2.56. The van der Waals surface area contributed by atoms with Crippen molar-refractivity contribution >= 4 is 50.5 Å². The van der Waals surface area contributed by atoms with E-state index in [2.05, 4.69) is 185 Å². The van der Waals surface area contributed by atoms with Crippen LogP contribution < -0.4 is 9.80 Å². The number of rotatable bonds is 3. The molecule has 0 N–H and O–H groups in total. The topological polar surface area (TPSA) is 6.48 Å². The van der Waals surface area contributed by atoms with E-state index in [1.807, 2.05) is 0 Å². The van der Waals surface area contributed by atoms with E-state index in [0.29, 0.717) is 0 Å². The zero-order valence-electron chi connectivity index (χ0n) is 30.5. The summed E-state index contributed by atoms with van der Waals surface area (Å²) in [6.07, 6.45) is 6.98. The molecular formula is C49H44N2. The van der Waals surface area contributed by atoms with E-state index in [9.17, 15) is 0 Å². The lowest BCUT2D eigenvalue weighted by Gasteiger charge is -2.49. The molecule has 0 radical (unpaired) electrons. The first-order valence-electron chi connectivity index (χ1n) is 18.6. The van der Waals surface area contributed by atoms with Crippen molar-refractivity contribution in [1.82, 2.24) is 0 Å². The van der Waals surface area contributed by atoms with Gasteiger partial charge in [-0.15, -0.1) is 0 Å². The van der Waals surface area contributed by atoms with Gasteiger partial charge in [-0.05, 0) is 105 Å². The molecule has 2 heterocycles. The normalized spacial score (nSPS) is 18.1. The van der Waals surface area contributed by atoms with Crippen molar-refractivity contribution in [2.24, 2.45) is 0 Å². The van der Waals surface area contributed by atoms with E-state index < -0.39 is 0 Å². The number of allylic oxidation sites excluding steroid dienone is 4. The van der Waals surface area contributed by atoms with Crippen LogP contribution in [0, 0.1) is 0 Å². The Hall–Kier alpha value is -5.34. The number of hydrogen-bond acceptors (Lipinski definition) is 2. The second-order valence-corrected chi connectivity index (χ2v) is 16.5. The zero-order chi connectivity index (χ0) is 34.9. The maximum Gasteiger partial charge on any atom is 0.0543 e. The van der Waals surface area contributed by atoms with Crippen LogP contribution in [0.3, 0.4) is 0 Å². The highest BCUT2D eigenvalue weighted by Crippen LogP contribution is 2.61. The molecule has 2 aliphatic heterocycles. The average Bonchev–Trinajstić information content (AvgIpc) is 3.37. The standard InChI is InChI=1S/C49H44N2/c1-47(2)37-19-10-9-18-35(37)36-27-25-32(29-41(36)47)50(43-24-13-16-31-15-7-8-17-34(31)43)33-26-28-45-42(30-33)49(5,6)40-22-14-21-39-46(40)51(45)44-23-12-11-20-38(44)48(39,3)4/h7-8,10-17,19-30H,9,18H2,1-6H3. The highest BCUT2D eigenvalue weighted by molar-refractivity contribution is 6.00. The van der Waals surface area contributed by atoms with Gasteiger partial charge in [0.25, 0.3) is 0 Å². The number of benzene rings is 6. The van der Waals surface area contributed by atoms with E-state index in [1.165, 1.54) is 89.4 Å². The van der Waals surface area contributed by atoms with Crippen molar-refractivity contribution in [2.45, 2.75) is 70.6 Å². The molecule has 0 unspecified atom stereocenters. The minimum absolute atomic E-state index is 0.0449. The first-order valence-corrected chi connectivity index (χ1v) is 18.6. The van der Waals surface area contributed by atoms with E-state index in [0.717, 1.165) is 12.8 Å². The van der Waals surface area contributed by atoms with Crippen molar-refractivity contribution in [3.05, 3.63) is 172 Å². The Kier molecular flexibility index (Phi) is 6.19. The third kappa shape index (κ3) is 4.05. The molecule has 4 aliphatic rings. The first-order chi connectivity index (χ1) is 24.6. The monoisotopic (exact) mass is 660 g/mol. The SMILES string of the molecule is CC1(C)C2=C(CCC=C2)c2ccc(N(c3ccc4c(c3)C(C)(C)c3cccc5c3N4c3ccccc3C5(C)C)c3cccc4ccccc34)cc21. The van der Waals surface area contributed by atoms with Gasteiger partial charge >= 0.3 is 0 Å². The molecule has 6 aromatic carbocycles. The number of nitrogens with zero attached hydrogens (tertiary/aromatic N) is 2. The summed E-state index contributed by atoms with van der Waals surface area (Å²) < 4.78 is 0. The van der Waals surface area contributed by atoms with Gasteiger partial charge in [-0.2, -0.15) is 0 Å². The molecule has 250 valence electrons. The van der Waals surface area contributed by atoms with E-state index in [-0.39, 0.29) is 16.2 Å². The molecule has 0 bridgehead atoms. The quantitative estimate of drug-likeness (QED) is 0.186. The predicted molar refractivity (Wildman–Crippen MR) is 216 cm³/mol. The Morgan fingerprint density at radius 3 is 2.00 bits per heavy atom. The summed E-state index contributed by atoms with van der Waals surface area (Å²) in [7, 11) is 0. The highest BCUT2D eigenvalue weighted by Gasteiger charge is 2.45. The smallest absolute Gasteiger partial charge is 0.0543 e. The molecule has 2 aliphatic carbocycles. The van der Waals surface area contributed by atoms with E-state index in [4.69, 9.17) is 0 Å². The van der Waals surface area contributed by atoms with E-state index >= 15 is 0 Å². The fourth-order valence-electron chi connectivity index (χ4n) is 9.97. The number of hydrogen-bond donors (Lipinski definition) is 0. The molecule has 10 rings (SSSR count). The molecule has 51 heavy (non-hydrogen) atoms. The average molecular weight is 661 g/mol. The summed E-state index contributed by atoms with van der Waals surface area (Å²) in [6, 6.07) is 46.0.